The summed E-state index contributed by atoms with van der Waals surface area (Å²) >= 11 is 0. The van der Waals surface area contributed by atoms with Crippen LogP contribution in [-0.2, 0) is 11.8 Å². The Balaban J connectivity index is 1.44. The van der Waals surface area contributed by atoms with Crippen LogP contribution >= 0.6 is 0 Å². The third-order valence-corrected chi connectivity index (χ3v) is 5.68. The molecule has 0 bridgehead atoms. The van der Waals surface area contributed by atoms with Gasteiger partial charge in [-0.15, -0.1) is 0 Å². The van der Waals surface area contributed by atoms with E-state index in [4.69, 9.17) is 5.73 Å². The molecule has 2 atom stereocenters. The van der Waals surface area contributed by atoms with E-state index in [0.29, 0.717) is 11.5 Å². The first-order chi connectivity index (χ1) is 9.28. The van der Waals surface area contributed by atoms with Crippen LogP contribution < -0.4 is 11.1 Å². The molecule has 0 aliphatic heterocycles. The summed E-state index contributed by atoms with van der Waals surface area (Å²) in [6, 6.07) is 11.0. The largest absolute Gasteiger partial charge is 0.328 e. The van der Waals surface area contributed by atoms with Gasteiger partial charge in [0.15, 0.2) is 0 Å². The first-order valence-electron chi connectivity index (χ1n) is 7.88. The number of benzene rings is 1. The number of hydrogen-bond donors (Lipinski definition) is 2. The summed E-state index contributed by atoms with van der Waals surface area (Å²) in [5.74, 6) is 0. The Morgan fingerprint density at radius 2 is 1.89 bits per heavy atom. The lowest BCUT2D eigenvalue weighted by Gasteiger charge is -2.28. The van der Waals surface area contributed by atoms with Crippen LogP contribution in [0.25, 0.3) is 0 Å². The summed E-state index contributed by atoms with van der Waals surface area (Å²) in [6.07, 6.45) is 8.94. The van der Waals surface area contributed by atoms with Crippen LogP contribution in [0.4, 0.5) is 0 Å². The minimum atomic E-state index is 0.457. The van der Waals surface area contributed by atoms with E-state index in [0.717, 1.165) is 12.1 Å². The smallest absolute Gasteiger partial charge is 0.0176 e. The molecule has 4 rings (SSSR count). The first-order valence-corrected chi connectivity index (χ1v) is 7.88. The molecule has 3 aliphatic rings. The van der Waals surface area contributed by atoms with Crippen molar-refractivity contribution in [3.63, 3.8) is 0 Å². The van der Waals surface area contributed by atoms with Crippen molar-refractivity contribution in [2.75, 3.05) is 0 Å². The Kier molecular flexibility index (Phi) is 2.71. The van der Waals surface area contributed by atoms with Crippen LogP contribution in [0.2, 0.25) is 0 Å². The lowest BCUT2D eigenvalue weighted by Crippen LogP contribution is -2.40. The molecule has 1 aromatic rings. The Labute approximate surface area is 115 Å². The van der Waals surface area contributed by atoms with Crippen LogP contribution in [0.5, 0.6) is 0 Å². The van der Waals surface area contributed by atoms with Crippen LogP contribution in [0.15, 0.2) is 24.3 Å². The molecule has 0 saturated heterocycles. The minimum absolute atomic E-state index is 0.457. The molecule has 102 valence electrons. The SMILES string of the molecule is NC1CCC(N[C@@H]2C[C@]23CCc2ccccc23)CC1. The highest BCUT2D eigenvalue weighted by Crippen LogP contribution is 2.57. The highest BCUT2D eigenvalue weighted by Gasteiger charge is 2.58. The van der Waals surface area contributed by atoms with Crippen molar-refractivity contribution in [1.29, 1.82) is 0 Å². The molecule has 2 nitrogen and oxygen atoms in total. The second-order valence-corrected chi connectivity index (χ2v) is 6.85. The Morgan fingerprint density at radius 1 is 1.11 bits per heavy atom. The second kappa shape index (κ2) is 4.32. The highest BCUT2D eigenvalue weighted by molar-refractivity contribution is 5.46. The summed E-state index contributed by atoms with van der Waals surface area (Å²) in [7, 11) is 0. The van der Waals surface area contributed by atoms with Crippen molar-refractivity contribution in [1.82, 2.24) is 5.32 Å². The molecule has 1 aromatic carbocycles. The summed E-state index contributed by atoms with van der Waals surface area (Å²) in [4.78, 5) is 0. The molecular weight excluding hydrogens is 232 g/mol. The first kappa shape index (κ1) is 11.9. The van der Waals surface area contributed by atoms with Gasteiger partial charge >= 0.3 is 0 Å². The number of fused-ring (bicyclic) bond motifs is 2. The average molecular weight is 256 g/mol. The fourth-order valence-corrected chi connectivity index (χ4v) is 4.38. The monoisotopic (exact) mass is 256 g/mol. The molecule has 0 unspecified atom stereocenters. The highest BCUT2D eigenvalue weighted by atomic mass is 15.0. The van der Waals surface area contributed by atoms with E-state index in [2.05, 4.69) is 29.6 Å². The van der Waals surface area contributed by atoms with Crippen LogP contribution in [0.3, 0.4) is 0 Å². The van der Waals surface area contributed by atoms with Crippen LogP contribution in [0.1, 0.15) is 49.7 Å². The molecule has 2 saturated carbocycles. The van der Waals surface area contributed by atoms with Crippen molar-refractivity contribution in [3.05, 3.63) is 35.4 Å². The maximum Gasteiger partial charge on any atom is 0.0176 e. The van der Waals surface area contributed by atoms with Gasteiger partial charge in [0, 0.05) is 23.5 Å². The zero-order chi connectivity index (χ0) is 12.9. The molecule has 2 fully saturated rings. The average Bonchev–Trinajstić information content (AvgIpc) is 3.00. The van der Waals surface area contributed by atoms with E-state index >= 15 is 0 Å². The third kappa shape index (κ3) is 1.93. The van der Waals surface area contributed by atoms with Crippen molar-refractivity contribution in [3.8, 4) is 0 Å². The van der Waals surface area contributed by atoms with Gasteiger partial charge in [-0.2, -0.15) is 0 Å². The fraction of sp³-hybridized carbons (Fsp3) is 0.647. The summed E-state index contributed by atoms with van der Waals surface area (Å²) < 4.78 is 0. The molecule has 0 heterocycles. The maximum absolute atomic E-state index is 5.99. The Morgan fingerprint density at radius 3 is 2.74 bits per heavy atom. The molecule has 3 N–H and O–H groups in total. The van der Waals surface area contributed by atoms with Gasteiger partial charge in [0.1, 0.15) is 0 Å². The lowest BCUT2D eigenvalue weighted by atomic mass is 9.91. The fourth-order valence-electron chi connectivity index (χ4n) is 4.38. The molecule has 0 radical (unpaired) electrons. The second-order valence-electron chi connectivity index (χ2n) is 6.85. The van der Waals surface area contributed by atoms with Gasteiger partial charge in [-0.1, -0.05) is 24.3 Å². The molecule has 0 amide bonds. The van der Waals surface area contributed by atoms with Gasteiger partial charge in [-0.05, 0) is 56.1 Å². The predicted octanol–water partition coefficient (Wildman–Crippen LogP) is 2.50. The minimum Gasteiger partial charge on any atom is -0.328 e. The van der Waals surface area contributed by atoms with Crippen molar-refractivity contribution in [2.45, 2.75) is 68.5 Å². The van der Waals surface area contributed by atoms with E-state index in [1.165, 1.54) is 44.9 Å². The van der Waals surface area contributed by atoms with Gasteiger partial charge in [-0.25, -0.2) is 0 Å². The van der Waals surface area contributed by atoms with Gasteiger partial charge in [0.05, 0.1) is 0 Å². The molecule has 2 heteroatoms. The van der Waals surface area contributed by atoms with Crippen LogP contribution in [-0.4, -0.2) is 18.1 Å². The van der Waals surface area contributed by atoms with Gasteiger partial charge in [-0.3, -0.25) is 0 Å². The zero-order valence-electron chi connectivity index (χ0n) is 11.6. The van der Waals surface area contributed by atoms with Crippen molar-refractivity contribution in [2.24, 2.45) is 5.73 Å². The van der Waals surface area contributed by atoms with Crippen molar-refractivity contribution < 1.29 is 0 Å². The van der Waals surface area contributed by atoms with Gasteiger partial charge in [0.2, 0.25) is 0 Å². The van der Waals surface area contributed by atoms with Gasteiger partial charge in [0.25, 0.3) is 0 Å². The Bertz CT molecular complexity index is 476. The molecule has 0 aromatic heterocycles. The topological polar surface area (TPSA) is 38.0 Å². The number of rotatable bonds is 2. The van der Waals surface area contributed by atoms with Gasteiger partial charge < -0.3 is 11.1 Å². The molecule has 1 spiro atoms. The number of hydrogen-bond acceptors (Lipinski definition) is 2. The quantitative estimate of drug-likeness (QED) is 0.853. The van der Waals surface area contributed by atoms with E-state index in [9.17, 15) is 0 Å². The molecule has 3 aliphatic carbocycles. The predicted molar refractivity (Wildman–Crippen MR) is 78.2 cm³/mol. The Hall–Kier alpha value is -0.860. The van der Waals surface area contributed by atoms with Crippen LogP contribution in [0, 0.1) is 0 Å². The van der Waals surface area contributed by atoms with Crippen molar-refractivity contribution >= 4 is 0 Å². The van der Waals surface area contributed by atoms with E-state index in [1.54, 1.807) is 11.1 Å². The number of nitrogens with one attached hydrogen (secondary N) is 1. The summed E-state index contributed by atoms with van der Waals surface area (Å²) in [5, 5.41) is 3.93. The van der Waals surface area contributed by atoms with E-state index in [1.807, 2.05) is 0 Å². The summed E-state index contributed by atoms with van der Waals surface area (Å²) in [6.45, 7) is 0. The zero-order valence-corrected chi connectivity index (χ0v) is 11.6. The van der Waals surface area contributed by atoms with E-state index in [-0.39, 0.29) is 0 Å². The summed E-state index contributed by atoms with van der Waals surface area (Å²) in [5.41, 5.74) is 9.72. The normalized spacial score (nSPS) is 40.4. The number of nitrogens with two attached hydrogens (primary N) is 1. The lowest BCUT2D eigenvalue weighted by molar-refractivity contribution is 0.333. The molecular formula is C17H24N2. The number of aryl methyl sites for hydroxylation is 1. The third-order valence-electron chi connectivity index (χ3n) is 5.68. The molecule has 19 heavy (non-hydrogen) atoms. The standard InChI is InChI=1S/C17H24N2/c18-13-5-7-14(8-6-13)19-16-11-17(16)10-9-12-3-1-2-4-15(12)17/h1-4,13-14,16,19H,5-11,18H2/t13?,14?,16-,17+/m1/s1. The van der Waals surface area contributed by atoms with E-state index < -0.39 is 0 Å². The maximum atomic E-state index is 5.99.